The third-order valence-electron chi connectivity index (χ3n) is 5.69. The van der Waals surface area contributed by atoms with Crippen molar-refractivity contribution in [1.82, 2.24) is 15.1 Å². The summed E-state index contributed by atoms with van der Waals surface area (Å²) in [6, 6.07) is 16.9. The minimum absolute atomic E-state index is 0.0858. The number of rotatable bonds is 6. The Balaban J connectivity index is 1.41. The number of benzene rings is 2. The number of piperidine rings is 1. The highest BCUT2D eigenvalue weighted by Crippen LogP contribution is 2.24. The average Bonchev–Trinajstić information content (AvgIpc) is 3.00. The Morgan fingerprint density at radius 2 is 1.45 bits per heavy atom. The summed E-state index contributed by atoms with van der Waals surface area (Å²) in [4.78, 5) is 40.9. The fourth-order valence-electron chi connectivity index (χ4n) is 4.16. The molecule has 0 aliphatic carbocycles. The molecule has 3 amide bonds. The Labute approximate surface area is 170 Å². The van der Waals surface area contributed by atoms with Gasteiger partial charge in [0.05, 0.1) is 17.2 Å². The largest absolute Gasteiger partial charge is 0.353 e. The highest BCUT2D eigenvalue weighted by molar-refractivity contribution is 6.22. The summed E-state index contributed by atoms with van der Waals surface area (Å²) in [6.45, 7) is 2.21. The SMILES string of the molecule is O=C(CN1C(=O)c2ccccc2C1=O)NCC(c1ccccc1)N1CCCCC1. The van der Waals surface area contributed by atoms with Gasteiger partial charge in [0, 0.05) is 6.54 Å². The molecule has 6 heteroatoms. The Kier molecular flexibility index (Phi) is 5.71. The van der Waals surface area contributed by atoms with Crippen LogP contribution in [0.25, 0.3) is 0 Å². The number of carbonyl (C=O) groups is 3. The zero-order valence-electron chi connectivity index (χ0n) is 16.3. The molecule has 4 rings (SSSR count). The summed E-state index contributed by atoms with van der Waals surface area (Å²) in [5, 5.41) is 2.95. The van der Waals surface area contributed by atoms with Crippen LogP contribution in [0.5, 0.6) is 0 Å². The van der Waals surface area contributed by atoms with E-state index in [1.807, 2.05) is 18.2 Å². The molecule has 1 unspecified atom stereocenters. The van der Waals surface area contributed by atoms with Crippen molar-refractivity contribution in [2.75, 3.05) is 26.2 Å². The van der Waals surface area contributed by atoms with Crippen molar-refractivity contribution < 1.29 is 14.4 Å². The second-order valence-electron chi connectivity index (χ2n) is 7.57. The fraction of sp³-hybridized carbons (Fsp3) is 0.348. The van der Waals surface area contributed by atoms with Crippen molar-refractivity contribution in [2.24, 2.45) is 0 Å². The maximum atomic E-state index is 12.6. The number of likely N-dealkylation sites (tertiary alicyclic amines) is 1. The molecule has 0 saturated carbocycles. The highest BCUT2D eigenvalue weighted by Gasteiger charge is 2.36. The Morgan fingerprint density at radius 1 is 0.862 bits per heavy atom. The summed E-state index contributed by atoms with van der Waals surface area (Å²) in [7, 11) is 0. The van der Waals surface area contributed by atoms with E-state index in [2.05, 4.69) is 22.3 Å². The van der Waals surface area contributed by atoms with E-state index in [0.717, 1.165) is 36.4 Å². The first-order valence-corrected chi connectivity index (χ1v) is 10.2. The van der Waals surface area contributed by atoms with Crippen molar-refractivity contribution in [2.45, 2.75) is 25.3 Å². The molecule has 150 valence electrons. The lowest BCUT2D eigenvalue weighted by molar-refractivity contribution is -0.121. The summed E-state index contributed by atoms with van der Waals surface area (Å²) in [5.74, 6) is -1.13. The van der Waals surface area contributed by atoms with Gasteiger partial charge in [-0.05, 0) is 43.6 Å². The maximum Gasteiger partial charge on any atom is 0.262 e. The van der Waals surface area contributed by atoms with Crippen molar-refractivity contribution in [3.8, 4) is 0 Å². The van der Waals surface area contributed by atoms with Crippen LogP contribution in [0.3, 0.4) is 0 Å². The smallest absolute Gasteiger partial charge is 0.262 e. The summed E-state index contributed by atoms with van der Waals surface area (Å²) < 4.78 is 0. The molecular formula is C23H25N3O3. The molecule has 0 aromatic heterocycles. The topological polar surface area (TPSA) is 69.7 Å². The van der Waals surface area contributed by atoms with Crippen LogP contribution in [0.15, 0.2) is 54.6 Å². The van der Waals surface area contributed by atoms with Crippen LogP contribution in [0.2, 0.25) is 0 Å². The molecule has 2 aromatic rings. The molecule has 2 aliphatic heterocycles. The van der Waals surface area contributed by atoms with Crippen LogP contribution in [-0.2, 0) is 4.79 Å². The number of nitrogens with zero attached hydrogens (tertiary/aromatic N) is 2. The van der Waals surface area contributed by atoms with Gasteiger partial charge >= 0.3 is 0 Å². The molecule has 0 radical (unpaired) electrons. The monoisotopic (exact) mass is 391 g/mol. The molecule has 2 aromatic carbocycles. The lowest BCUT2D eigenvalue weighted by Crippen LogP contribution is -2.44. The predicted molar refractivity (Wildman–Crippen MR) is 109 cm³/mol. The first-order chi connectivity index (χ1) is 14.1. The van der Waals surface area contributed by atoms with Crippen LogP contribution < -0.4 is 5.32 Å². The molecule has 1 N–H and O–H groups in total. The van der Waals surface area contributed by atoms with E-state index < -0.39 is 11.8 Å². The van der Waals surface area contributed by atoms with Gasteiger partial charge in [0.2, 0.25) is 5.91 Å². The first-order valence-electron chi connectivity index (χ1n) is 10.2. The summed E-state index contributed by atoms with van der Waals surface area (Å²) in [6.07, 6.45) is 3.56. The molecule has 1 atom stereocenters. The molecule has 0 bridgehead atoms. The van der Waals surface area contributed by atoms with E-state index in [1.165, 1.54) is 6.42 Å². The van der Waals surface area contributed by atoms with Gasteiger partial charge in [-0.25, -0.2) is 0 Å². The minimum Gasteiger partial charge on any atom is -0.353 e. The van der Waals surface area contributed by atoms with E-state index in [9.17, 15) is 14.4 Å². The van der Waals surface area contributed by atoms with Gasteiger partial charge in [-0.1, -0.05) is 48.9 Å². The highest BCUT2D eigenvalue weighted by atomic mass is 16.2. The summed E-state index contributed by atoms with van der Waals surface area (Å²) >= 11 is 0. The molecule has 29 heavy (non-hydrogen) atoms. The van der Waals surface area contributed by atoms with Gasteiger partial charge in [-0.15, -0.1) is 0 Å². The predicted octanol–water partition coefficient (Wildman–Crippen LogP) is 2.63. The molecule has 6 nitrogen and oxygen atoms in total. The zero-order chi connectivity index (χ0) is 20.2. The maximum absolute atomic E-state index is 12.6. The zero-order valence-corrected chi connectivity index (χ0v) is 16.3. The van der Waals surface area contributed by atoms with Crippen molar-refractivity contribution in [1.29, 1.82) is 0 Å². The Bertz CT molecular complexity index is 872. The lowest BCUT2D eigenvalue weighted by Gasteiger charge is -2.35. The van der Waals surface area contributed by atoms with Gasteiger partial charge in [-0.3, -0.25) is 24.2 Å². The van der Waals surface area contributed by atoms with Gasteiger partial charge in [-0.2, -0.15) is 0 Å². The Morgan fingerprint density at radius 3 is 2.07 bits per heavy atom. The van der Waals surface area contributed by atoms with Crippen LogP contribution in [-0.4, -0.2) is 53.7 Å². The van der Waals surface area contributed by atoms with Gasteiger partial charge in [0.25, 0.3) is 11.8 Å². The van der Waals surface area contributed by atoms with Gasteiger partial charge in [0.1, 0.15) is 6.54 Å². The number of fused-ring (bicyclic) bond motifs is 1. The summed E-state index contributed by atoms with van der Waals surface area (Å²) in [5.41, 5.74) is 1.89. The van der Waals surface area contributed by atoms with Crippen molar-refractivity contribution >= 4 is 17.7 Å². The van der Waals surface area contributed by atoms with Crippen molar-refractivity contribution in [3.63, 3.8) is 0 Å². The van der Waals surface area contributed by atoms with Crippen LogP contribution in [0, 0.1) is 0 Å². The second kappa shape index (κ2) is 8.57. The number of nitrogens with one attached hydrogen (secondary N) is 1. The van der Waals surface area contributed by atoms with Crippen LogP contribution in [0.4, 0.5) is 0 Å². The van der Waals surface area contributed by atoms with E-state index >= 15 is 0 Å². The minimum atomic E-state index is -0.406. The third kappa shape index (κ3) is 4.07. The fourth-order valence-corrected chi connectivity index (χ4v) is 4.16. The van der Waals surface area contributed by atoms with Crippen LogP contribution >= 0.6 is 0 Å². The van der Waals surface area contributed by atoms with E-state index in [0.29, 0.717) is 17.7 Å². The van der Waals surface area contributed by atoms with Gasteiger partial charge < -0.3 is 5.32 Å². The number of imide groups is 1. The molecule has 2 aliphatic rings. The van der Waals surface area contributed by atoms with Gasteiger partial charge in [0.15, 0.2) is 0 Å². The normalized spacial score (nSPS) is 17.9. The van der Waals surface area contributed by atoms with E-state index in [-0.39, 0.29) is 18.5 Å². The number of hydrogen-bond acceptors (Lipinski definition) is 4. The first kappa shape index (κ1) is 19.3. The number of hydrogen-bond donors (Lipinski definition) is 1. The third-order valence-corrected chi connectivity index (χ3v) is 5.69. The molecule has 1 fully saturated rings. The number of amides is 3. The molecule has 2 heterocycles. The molecule has 1 saturated heterocycles. The van der Waals surface area contributed by atoms with Crippen molar-refractivity contribution in [3.05, 3.63) is 71.3 Å². The molecule has 0 spiro atoms. The second-order valence-corrected chi connectivity index (χ2v) is 7.57. The lowest BCUT2D eigenvalue weighted by atomic mass is 10.0. The van der Waals surface area contributed by atoms with E-state index in [4.69, 9.17) is 0 Å². The molecular weight excluding hydrogens is 366 g/mol. The van der Waals surface area contributed by atoms with E-state index in [1.54, 1.807) is 24.3 Å². The Hall–Kier alpha value is -2.99. The number of carbonyl (C=O) groups excluding carboxylic acids is 3. The quantitative estimate of drug-likeness (QED) is 0.769. The standard InChI is InChI=1S/C23H25N3O3/c27-21(16-26-22(28)18-11-5-6-12-19(18)23(26)29)24-15-20(17-9-3-1-4-10-17)25-13-7-2-8-14-25/h1,3-6,9-12,20H,2,7-8,13-16H2,(H,24,27). The van der Waals surface area contributed by atoms with Crippen LogP contribution in [0.1, 0.15) is 51.6 Å². The average molecular weight is 391 g/mol.